The molecule has 0 amide bonds. The van der Waals surface area contributed by atoms with Crippen molar-refractivity contribution in [1.82, 2.24) is 24.7 Å². The smallest absolute Gasteiger partial charge is 0.257 e. The number of anilines is 3. The van der Waals surface area contributed by atoms with E-state index in [0.717, 1.165) is 15.7 Å². The van der Waals surface area contributed by atoms with Crippen LogP contribution >= 0.6 is 15.9 Å². The zero-order chi connectivity index (χ0) is 14.8. The van der Waals surface area contributed by atoms with Gasteiger partial charge in [0.1, 0.15) is 0 Å². The summed E-state index contributed by atoms with van der Waals surface area (Å²) in [5, 5.41) is 7.19. The molecule has 3 N–H and O–H groups in total. The molecule has 21 heavy (non-hydrogen) atoms. The maximum atomic E-state index is 5.73. The van der Waals surface area contributed by atoms with Crippen LogP contribution in [0.4, 0.5) is 17.6 Å². The molecule has 3 aromatic rings. The lowest BCUT2D eigenvalue weighted by atomic mass is 10.2. The molecule has 2 heterocycles. The minimum Gasteiger partial charge on any atom is -0.368 e. The number of hydrogen-bond donors (Lipinski definition) is 2. The Morgan fingerprint density at radius 1 is 1.24 bits per heavy atom. The highest BCUT2D eigenvalue weighted by molar-refractivity contribution is 9.10. The average Bonchev–Trinajstić information content (AvgIpc) is 2.95. The minimum absolute atomic E-state index is 0.126. The first kappa shape index (κ1) is 13.5. The largest absolute Gasteiger partial charge is 0.368 e. The first-order chi connectivity index (χ1) is 10.1. The van der Waals surface area contributed by atoms with Crippen LogP contribution in [-0.2, 0) is 0 Å². The number of nitrogen functional groups attached to an aromatic ring is 1. The molecule has 0 aliphatic carbocycles. The summed E-state index contributed by atoms with van der Waals surface area (Å²) < 4.78 is 2.44. The summed E-state index contributed by atoms with van der Waals surface area (Å²) in [4.78, 5) is 12.4. The fraction of sp³-hybridized carbons (Fsp3) is 0.0769. The summed E-state index contributed by atoms with van der Waals surface area (Å²) in [6.45, 7) is 2.02. The summed E-state index contributed by atoms with van der Waals surface area (Å²) >= 11 is 3.50. The molecule has 7 nitrogen and oxygen atoms in total. The summed E-state index contributed by atoms with van der Waals surface area (Å²) in [6.07, 6.45) is 3.38. The highest BCUT2D eigenvalue weighted by Crippen LogP contribution is 2.25. The Balaban J connectivity index is 1.95. The van der Waals surface area contributed by atoms with E-state index in [1.165, 1.54) is 4.68 Å². The first-order valence-corrected chi connectivity index (χ1v) is 6.96. The molecular formula is C13H12BrN7. The normalized spacial score (nSPS) is 10.6. The van der Waals surface area contributed by atoms with Gasteiger partial charge in [-0.1, -0.05) is 6.07 Å². The van der Waals surface area contributed by atoms with E-state index in [9.17, 15) is 0 Å². The van der Waals surface area contributed by atoms with E-state index < -0.39 is 0 Å². The van der Waals surface area contributed by atoms with Crippen molar-refractivity contribution in [3.63, 3.8) is 0 Å². The third-order valence-corrected chi connectivity index (χ3v) is 3.38. The maximum absolute atomic E-state index is 5.73. The Labute approximate surface area is 129 Å². The van der Waals surface area contributed by atoms with Crippen LogP contribution in [0.2, 0.25) is 0 Å². The van der Waals surface area contributed by atoms with Crippen LogP contribution in [-0.4, -0.2) is 24.7 Å². The number of hydrogen-bond acceptors (Lipinski definition) is 6. The van der Waals surface area contributed by atoms with Crippen molar-refractivity contribution in [3.05, 3.63) is 46.7 Å². The molecule has 2 aromatic heterocycles. The second-order valence-corrected chi connectivity index (χ2v) is 5.23. The second kappa shape index (κ2) is 5.49. The van der Waals surface area contributed by atoms with Gasteiger partial charge in [0.2, 0.25) is 11.9 Å². The van der Waals surface area contributed by atoms with Crippen molar-refractivity contribution < 1.29 is 0 Å². The van der Waals surface area contributed by atoms with Gasteiger partial charge in [0.05, 0.1) is 5.69 Å². The molecule has 0 radical (unpaired) electrons. The van der Waals surface area contributed by atoms with Gasteiger partial charge in [0.25, 0.3) is 5.95 Å². The summed E-state index contributed by atoms with van der Waals surface area (Å²) in [5.74, 6) is 0.844. The number of halogens is 1. The topological polar surface area (TPSA) is 94.5 Å². The van der Waals surface area contributed by atoms with Gasteiger partial charge in [-0.15, -0.1) is 0 Å². The molecule has 0 unspecified atom stereocenters. The number of benzene rings is 1. The molecule has 0 aliphatic rings. The molecule has 8 heteroatoms. The van der Waals surface area contributed by atoms with E-state index in [2.05, 4.69) is 41.3 Å². The first-order valence-electron chi connectivity index (χ1n) is 6.16. The Bertz CT molecular complexity index is 770. The summed E-state index contributed by atoms with van der Waals surface area (Å²) in [7, 11) is 0. The van der Waals surface area contributed by atoms with Gasteiger partial charge < -0.3 is 11.1 Å². The van der Waals surface area contributed by atoms with Crippen molar-refractivity contribution >= 4 is 33.5 Å². The van der Waals surface area contributed by atoms with E-state index in [4.69, 9.17) is 5.73 Å². The van der Waals surface area contributed by atoms with Crippen LogP contribution in [0.15, 0.2) is 41.1 Å². The molecule has 0 atom stereocenters. The van der Waals surface area contributed by atoms with Crippen molar-refractivity contribution in [3.8, 4) is 5.95 Å². The van der Waals surface area contributed by atoms with Crippen LogP contribution in [0.5, 0.6) is 0 Å². The molecule has 3 rings (SSSR count). The molecule has 0 saturated carbocycles. The van der Waals surface area contributed by atoms with Gasteiger partial charge in [-0.05, 0) is 46.6 Å². The highest BCUT2D eigenvalue weighted by atomic mass is 79.9. The number of nitrogens with two attached hydrogens (primary N) is 1. The SMILES string of the molecule is Cc1ccc(Nc2nc(N)nc(-n3cccn3)n2)c(Br)c1. The molecule has 0 spiro atoms. The van der Waals surface area contributed by atoms with E-state index in [-0.39, 0.29) is 5.95 Å². The monoisotopic (exact) mass is 345 g/mol. The van der Waals surface area contributed by atoms with Crippen LogP contribution in [0.3, 0.4) is 0 Å². The van der Waals surface area contributed by atoms with E-state index >= 15 is 0 Å². The van der Waals surface area contributed by atoms with Crippen LogP contribution in [0.1, 0.15) is 5.56 Å². The predicted octanol–water partition coefficient (Wildman–Crippen LogP) is 2.45. The fourth-order valence-corrected chi connectivity index (χ4v) is 2.36. The Morgan fingerprint density at radius 2 is 2.10 bits per heavy atom. The zero-order valence-corrected chi connectivity index (χ0v) is 12.7. The van der Waals surface area contributed by atoms with Crippen LogP contribution in [0.25, 0.3) is 5.95 Å². The maximum Gasteiger partial charge on any atom is 0.257 e. The Kier molecular flexibility index (Phi) is 3.53. The van der Waals surface area contributed by atoms with Crippen molar-refractivity contribution in [2.45, 2.75) is 6.92 Å². The molecule has 0 saturated heterocycles. The van der Waals surface area contributed by atoms with Gasteiger partial charge in [-0.3, -0.25) is 0 Å². The summed E-state index contributed by atoms with van der Waals surface area (Å²) in [6, 6.07) is 7.71. The number of nitrogens with one attached hydrogen (secondary N) is 1. The fourth-order valence-electron chi connectivity index (χ4n) is 1.77. The zero-order valence-electron chi connectivity index (χ0n) is 11.2. The van der Waals surface area contributed by atoms with E-state index in [1.54, 1.807) is 18.5 Å². The third-order valence-electron chi connectivity index (χ3n) is 2.72. The Morgan fingerprint density at radius 3 is 2.81 bits per heavy atom. The lowest BCUT2D eigenvalue weighted by molar-refractivity contribution is 0.801. The van der Waals surface area contributed by atoms with Crippen LogP contribution in [0, 0.1) is 6.92 Å². The molecule has 0 fully saturated rings. The standard InChI is InChI=1S/C13H12BrN7/c1-8-3-4-10(9(14)7-8)17-12-18-11(15)19-13(20-12)21-6-2-5-16-21/h2-7H,1H3,(H3,15,17,18,19,20). The van der Waals surface area contributed by atoms with E-state index in [1.807, 2.05) is 25.1 Å². The molecule has 0 aliphatic heterocycles. The van der Waals surface area contributed by atoms with E-state index in [0.29, 0.717) is 11.9 Å². The Hall–Kier alpha value is -2.48. The lowest BCUT2D eigenvalue weighted by Gasteiger charge is -2.09. The molecule has 0 bridgehead atoms. The number of aryl methyl sites for hydroxylation is 1. The van der Waals surface area contributed by atoms with Gasteiger partial charge in [-0.25, -0.2) is 4.68 Å². The van der Waals surface area contributed by atoms with Gasteiger partial charge in [0.15, 0.2) is 0 Å². The highest BCUT2D eigenvalue weighted by Gasteiger charge is 2.08. The van der Waals surface area contributed by atoms with Crippen LogP contribution < -0.4 is 11.1 Å². The minimum atomic E-state index is 0.126. The third kappa shape index (κ3) is 3.00. The van der Waals surface area contributed by atoms with Crippen molar-refractivity contribution in [2.24, 2.45) is 0 Å². The van der Waals surface area contributed by atoms with Crippen molar-refractivity contribution in [2.75, 3.05) is 11.1 Å². The number of nitrogens with zero attached hydrogens (tertiary/aromatic N) is 5. The molecule has 106 valence electrons. The summed E-state index contributed by atoms with van der Waals surface area (Å²) in [5.41, 5.74) is 7.72. The molecule has 1 aromatic carbocycles. The number of aromatic nitrogens is 5. The molecular weight excluding hydrogens is 334 g/mol. The quantitative estimate of drug-likeness (QED) is 0.757. The predicted molar refractivity (Wildman–Crippen MR) is 83.5 cm³/mol. The van der Waals surface area contributed by atoms with Gasteiger partial charge >= 0.3 is 0 Å². The second-order valence-electron chi connectivity index (χ2n) is 4.38. The van der Waals surface area contributed by atoms with Crippen molar-refractivity contribution in [1.29, 1.82) is 0 Å². The van der Waals surface area contributed by atoms with Gasteiger partial charge in [0, 0.05) is 16.9 Å². The number of rotatable bonds is 3. The van der Waals surface area contributed by atoms with Gasteiger partial charge in [-0.2, -0.15) is 20.1 Å². The average molecular weight is 346 g/mol. The lowest BCUT2D eigenvalue weighted by Crippen LogP contribution is -2.09.